The van der Waals surface area contributed by atoms with Gasteiger partial charge in [-0.3, -0.25) is 10.2 Å². The SMILES string of the molecule is CC(C)(C)C1CCc2c(sc(=N)n2CC(=O)c2ccc(Cl)cc2)C1. The monoisotopic (exact) mass is 362 g/mol. The molecular weight excluding hydrogens is 340 g/mol. The van der Waals surface area contributed by atoms with Gasteiger partial charge in [0.05, 0.1) is 6.54 Å². The predicted molar refractivity (Wildman–Crippen MR) is 98.9 cm³/mol. The van der Waals surface area contributed by atoms with Crippen LogP contribution < -0.4 is 4.80 Å². The molecule has 24 heavy (non-hydrogen) atoms. The zero-order valence-corrected chi connectivity index (χ0v) is 15.9. The van der Waals surface area contributed by atoms with Gasteiger partial charge in [-0.25, -0.2) is 0 Å². The Morgan fingerprint density at radius 1 is 1.33 bits per heavy atom. The lowest BCUT2D eigenvalue weighted by atomic mass is 9.73. The predicted octanol–water partition coefficient (Wildman–Crippen LogP) is 4.72. The third kappa shape index (κ3) is 3.50. The quantitative estimate of drug-likeness (QED) is 0.789. The average molecular weight is 363 g/mol. The molecule has 5 heteroatoms. The summed E-state index contributed by atoms with van der Waals surface area (Å²) in [6.07, 6.45) is 3.11. The molecule has 0 bridgehead atoms. The molecular formula is C19H23ClN2OS. The van der Waals surface area contributed by atoms with Crippen LogP contribution in [0.1, 0.15) is 48.1 Å². The van der Waals surface area contributed by atoms with Crippen molar-refractivity contribution in [2.75, 3.05) is 0 Å². The first-order chi connectivity index (χ1) is 11.3. The van der Waals surface area contributed by atoms with Crippen LogP contribution in [0.4, 0.5) is 0 Å². The van der Waals surface area contributed by atoms with Crippen molar-refractivity contribution in [3.05, 3.63) is 50.2 Å². The normalized spacial score (nSPS) is 17.6. The number of halogens is 1. The summed E-state index contributed by atoms with van der Waals surface area (Å²) in [4.78, 5) is 14.3. The molecule has 128 valence electrons. The van der Waals surface area contributed by atoms with E-state index in [2.05, 4.69) is 20.8 Å². The van der Waals surface area contributed by atoms with E-state index in [4.69, 9.17) is 17.0 Å². The van der Waals surface area contributed by atoms with Gasteiger partial charge < -0.3 is 4.57 Å². The van der Waals surface area contributed by atoms with Crippen molar-refractivity contribution in [3.63, 3.8) is 0 Å². The highest BCUT2D eigenvalue weighted by molar-refractivity contribution is 7.09. The number of thiazole rings is 1. The maximum atomic E-state index is 12.5. The number of aromatic nitrogens is 1. The summed E-state index contributed by atoms with van der Waals surface area (Å²) in [6.45, 7) is 7.11. The van der Waals surface area contributed by atoms with E-state index in [1.807, 2.05) is 4.57 Å². The highest BCUT2D eigenvalue weighted by atomic mass is 35.5. The van der Waals surface area contributed by atoms with Crippen molar-refractivity contribution in [2.24, 2.45) is 11.3 Å². The average Bonchev–Trinajstić information content (AvgIpc) is 2.82. The highest BCUT2D eigenvalue weighted by Gasteiger charge is 2.31. The highest BCUT2D eigenvalue weighted by Crippen LogP contribution is 2.38. The molecule has 0 spiro atoms. The second-order valence-corrected chi connectivity index (χ2v) is 9.12. The molecule has 3 rings (SSSR count). The number of rotatable bonds is 3. The van der Waals surface area contributed by atoms with E-state index in [9.17, 15) is 4.79 Å². The summed E-state index contributed by atoms with van der Waals surface area (Å²) >= 11 is 7.42. The van der Waals surface area contributed by atoms with Gasteiger partial charge in [0.25, 0.3) is 0 Å². The molecule has 1 unspecified atom stereocenters. The standard InChI is InChI=1S/C19H23ClN2OS/c1-19(2,3)13-6-9-15-17(10-13)24-18(21)22(15)11-16(23)12-4-7-14(20)8-5-12/h4-5,7-8,13,21H,6,9-11H2,1-3H3. The lowest BCUT2D eigenvalue weighted by Gasteiger charge is -2.33. The smallest absolute Gasteiger partial charge is 0.182 e. The Kier molecular flexibility index (Phi) is 4.71. The summed E-state index contributed by atoms with van der Waals surface area (Å²) in [7, 11) is 0. The molecule has 3 nitrogen and oxygen atoms in total. The maximum absolute atomic E-state index is 12.5. The van der Waals surface area contributed by atoms with Crippen LogP contribution >= 0.6 is 22.9 Å². The number of nitrogens with zero attached hydrogens (tertiary/aromatic N) is 1. The van der Waals surface area contributed by atoms with Crippen LogP contribution in [0.2, 0.25) is 5.02 Å². The van der Waals surface area contributed by atoms with Crippen LogP contribution in [0, 0.1) is 16.7 Å². The van der Waals surface area contributed by atoms with Crippen LogP contribution in [-0.2, 0) is 19.4 Å². The van der Waals surface area contributed by atoms with Gasteiger partial charge in [0, 0.05) is 21.2 Å². The molecule has 0 radical (unpaired) electrons. The molecule has 0 amide bonds. The second kappa shape index (κ2) is 6.49. The maximum Gasteiger partial charge on any atom is 0.182 e. The Morgan fingerprint density at radius 2 is 2.00 bits per heavy atom. The fourth-order valence-corrected chi connectivity index (χ4v) is 4.61. The number of benzene rings is 1. The number of hydrogen-bond donors (Lipinski definition) is 1. The lowest BCUT2D eigenvalue weighted by molar-refractivity contribution is 0.0969. The summed E-state index contributed by atoms with van der Waals surface area (Å²) in [5, 5.41) is 8.91. The zero-order valence-electron chi connectivity index (χ0n) is 14.4. The minimum atomic E-state index is 0.0312. The van der Waals surface area contributed by atoms with Crippen LogP contribution in [0.3, 0.4) is 0 Å². The van der Waals surface area contributed by atoms with E-state index in [0.717, 1.165) is 19.3 Å². The molecule has 1 aromatic carbocycles. The Balaban J connectivity index is 1.84. The van der Waals surface area contributed by atoms with E-state index in [0.29, 0.717) is 21.3 Å². The molecule has 0 fully saturated rings. The van der Waals surface area contributed by atoms with E-state index in [-0.39, 0.29) is 17.7 Å². The van der Waals surface area contributed by atoms with Crippen molar-refractivity contribution < 1.29 is 4.79 Å². The first kappa shape index (κ1) is 17.4. The van der Waals surface area contributed by atoms with Crippen molar-refractivity contribution in [2.45, 2.75) is 46.6 Å². The van der Waals surface area contributed by atoms with Crippen LogP contribution in [0.25, 0.3) is 0 Å². The largest absolute Gasteiger partial charge is 0.313 e. The number of hydrogen-bond acceptors (Lipinski definition) is 3. The van der Waals surface area contributed by atoms with E-state index in [1.54, 1.807) is 24.3 Å². The van der Waals surface area contributed by atoms with Gasteiger partial charge in [-0.2, -0.15) is 0 Å². The third-order valence-electron chi connectivity index (χ3n) is 4.97. The van der Waals surface area contributed by atoms with Crippen LogP contribution in [0.15, 0.2) is 24.3 Å². The van der Waals surface area contributed by atoms with E-state index >= 15 is 0 Å². The first-order valence-corrected chi connectivity index (χ1v) is 9.50. The molecule has 1 atom stereocenters. The van der Waals surface area contributed by atoms with Crippen molar-refractivity contribution >= 4 is 28.7 Å². The van der Waals surface area contributed by atoms with Gasteiger partial charge in [-0.05, 0) is 54.9 Å². The van der Waals surface area contributed by atoms with Gasteiger partial charge in [0.15, 0.2) is 10.6 Å². The molecule has 2 aromatic rings. The molecule has 1 aliphatic carbocycles. The minimum Gasteiger partial charge on any atom is -0.313 e. The van der Waals surface area contributed by atoms with E-state index < -0.39 is 0 Å². The molecule has 1 N–H and O–H groups in total. The van der Waals surface area contributed by atoms with Crippen LogP contribution in [-0.4, -0.2) is 10.4 Å². The summed E-state index contributed by atoms with van der Waals surface area (Å²) < 4.78 is 1.90. The van der Waals surface area contributed by atoms with Crippen LogP contribution in [0.5, 0.6) is 0 Å². The van der Waals surface area contributed by atoms with Gasteiger partial charge in [-0.1, -0.05) is 32.4 Å². The topological polar surface area (TPSA) is 45.9 Å². The Hall–Kier alpha value is -1.39. The van der Waals surface area contributed by atoms with Gasteiger partial charge in [-0.15, -0.1) is 11.3 Å². The van der Waals surface area contributed by atoms with Gasteiger partial charge in [0.2, 0.25) is 0 Å². The number of fused-ring (bicyclic) bond motifs is 1. The Morgan fingerprint density at radius 3 is 2.62 bits per heavy atom. The first-order valence-electron chi connectivity index (χ1n) is 8.30. The van der Waals surface area contributed by atoms with Gasteiger partial charge in [0.1, 0.15) is 0 Å². The van der Waals surface area contributed by atoms with Crippen molar-refractivity contribution in [1.29, 1.82) is 5.41 Å². The lowest BCUT2D eigenvalue weighted by Crippen LogP contribution is -2.28. The fourth-order valence-electron chi connectivity index (χ4n) is 3.35. The fraction of sp³-hybridized carbons (Fsp3) is 0.474. The zero-order chi connectivity index (χ0) is 17.5. The Labute approximate surface area is 151 Å². The number of carbonyl (C=O) groups excluding carboxylic acids is 1. The molecule has 0 saturated heterocycles. The molecule has 0 saturated carbocycles. The number of ketones is 1. The minimum absolute atomic E-state index is 0.0312. The summed E-state index contributed by atoms with van der Waals surface area (Å²) in [6, 6.07) is 6.97. The van der Waals surface area contributed by atoms with E-state index in [1.165, 1.54) is 21.9 Å². The van der Waals surface area contributed by atoms with Crippen molar-refractivity contribution in [1.82, 2.24) is 4.57 Å². The molecule has 1 aliphatic rings. The van der Waals surface area contributed by atoms with Gasteiger partial charge >= 0.3 is 0 Å². The Bertz CT molecular complexity index is 811. The molecule has 1 heterocycles. The summed E-state index contributed by atoms with van der Waals surface area (Å²) in [5.41, 5.74) is 2.12. The number of Topliss-reactive ketones (excluding diaryl/α,β-unsaturated/α-hetero) is 1. The number of carbonyl (C=O) groups is 1. The van der Waals surface area contributed by atoms with Crippen molar-refractivity contribution in [3.8, 4) is 0 Å². The third-order valence-corrected chi connectivity index (χ3v) is 6.28. The molecule has 1 aromatic heterocycles. The summed E-state index contributed by atoms with van der Waals surface area (Å²) in [5.74, 6) is 0.673. The molecule has 0 aliphatic heterocycles. The number of nitrogens with one attached hydrogen (secondary N) is 1. The second-order valence-electron chi connectivity index (χ2n) is 7.60.